The van der Waals surface area contributed by atoms with Crippen molar-refractivity contribution in [3.05, 3.63) is 71.3 Å². The zero-order valence-electron chi connectivity index (χ0n) is 9.13. The average Bonchev–Trinajstić information content (AvgIpc) is 2.34. The van der Waals surface area contributed by atoms with Gasteiger partial charge in [-0.1, -0.05) is 60.2 Å². The molecule has 0 bridgehead atoms. The van der Waals surface area contributed by atoms with Gasteiger partial charge in [-0.05, 0) is 18.1 Å². The van der Waals surface area contributed by atoms with Crippen LogP contribution in [0.5, 0.6) is 0 Å². The normalized spacial score (nSPS) is 12.6. The van der Waals surface area contributed by atoms with E-state index in [9.17, 15) is 4.57 Å². The zero-order valence-corrected chi connectivity index (χ0v) is 10.0. The SMILES string of the molecule is Cc1ccc(C(P=O)c2ccccc2)cc1. The summed E-state index contributed by atoms with van der Waals surface area (Å²) in [6.45, 7) is 2.05. The summed E-state index contributed by atoms with van der Waals surface area (Å²) in [5, 5.41) is 0. The highest BCUT2D eigenvalue weighted by atomic mass is 31.1. The van der Waals surface area contributed by atoms with Gasteiger partial charge in [0, 0.05) is 0 Å². The van der Waals surface area contributed by atoms with Crippen LogP contribution in [0.3, 0.4) is 0 Å². The monoisotopic (exact) mass is 228 g/mol. The van der Waals surface area contributed by atoms with Crippen molar-refractivity contribution in [1.82, 2.24) is 0 Å². The molecule has 0 radical (unpaired) electrons. The third kappa shape index (κ3) is 2.37. The van der Waals surface area contributed by atoms with Crippen LogP contribution in [0.25, 0.3) is 0 Å². The summed E-state index contributed by atoms with van der Waals surface area (Å²) in [6, 6.07) is 18.1. The maximum absolute atomic E-state index is 11.3. The van der Waals surface area contributed by atoms with Crippen LogP contribution < -0.4 is 0 Å². The van der Waals surface area contributed by atoms with Crippen LogP contribution in [-0.2, 0) is 4.57 Å². The van der Waals surface area contributed by atoms with Crippen molar-refractivity contribution in [2.75, 3.05) is 0 Å². The average molecular weight is 228 g/mol. The second-order valence-electron chi connectivity index (χ2n) is 3.83. The first-order valence-electron chi connectivity index (χ1n) is 5.25. The van der Waals surface area contributed by atoms with E-state index in [4.69, 9.17) is 0 Å². The standard InChI is InChI=1S/C14H13OP/c1-11-7-9-13(10-8-11)14(16-15)12-5-3-2-4-6-12/h2-10,14H,1H3. The van der Waals surface area contributed by atoms with Crippen molar-refractivity contribution in [3.63, 3.8) is 0 Å². The van der Waals surface area contributed by atoms with Gasteiger partial charge in [-0.25, -0.2) is 0 Å². The molecule has 2 heteroatoms. The predicted molar refractivity (Wildman–Crippen MR) is 67.1 cm³/mol. The van der Waals surface area contributed by atoms with Crippen LogP contribution in [0.2, 0.25) is 0 Å². The summed E-state index contributed by atoms with van der Waals surface area (Å²) in [6.07, 6.45) is 0. The van der Waals surface area contributed by atoms with Crippen LogP contribution in [0.4, 0.5) is 0 Å². The van der Waals surface area contributed by atoms with Crippen LogP contribution in [0, 0.1) is 6.92 Å². The smallest absolute Gasteiger partial charge is 0.168 e. The van der Waals surface area contributed by atoms with E-state index in [0.29, 0.717) is 0 Å². The summed E-state index contributed by atoms with van der Waals surface area (Å²) < 4.78 is 11.3. The number of hydrogen-bond donors (Lipinski definition) is 0. The predicted octanol–water partition coefficient (Wildman–Crippen LogP) is 4.38. The van der Waals surface area contributed by atoms with Crippen molar-refractivity contribution >= 4 is 8.46 Å². The minimum absolute atomic E-state index is 0.0539. The number of benzene rings is 2. The Balaban J connectivity index is 2.37. The van der Waals surface area contributed by atoms with Crippen molar-refractivity contribution in [2.45, 2.75) is 12.6 Å². The Bertz CT molecular complexity index is 462. The van der Waals surface area contributed by atoms with E-state index in [1.165, 1.54) is 5.56 Å². The molecule has 1 nitrogen and oxygen atoms in total. The summed E-state index contributed by atoms with van der Waals surface area (Å²) in [7, 11) is 0.141. The molecule has 0 aliphatic carbocycles. The van der Waals surface area contributed by atoms with Gasteiger partial charge in [-0.15, -0.1) is 0 Å². The Labute approximate surface area is 97.3 Å². The van der Waals surface area contributed by atoms with E-state index in [1.807, 2.05) is 42.5 Å². The van der Waals surface area contributed by atoms with Crippen LogP contribution in [0.15, 0.2) is 54.6 Å². The lowest BCUT2D eigenvalue weighted by Gasteiger charge is -2.10. The lowest BCUT2D eigenvalue weighted by Crippen LogP contribution is -1.92. The molecule has 1 atom stereocenters. The molecule has 2 aromatic rings. The highest BCUT2D eigenvalue weighted by Gasteiger charge is 2.13. The van der Waals surface area contributed by atoms with E-state index in [2.05, 4.69) is 19.1 Å². The summed E-state index contributed by atoms with van der Waals surface area (Å²) >= 11 is 0. The molecule has 0 amide bonds. The number of rotatable bonds is 3. The van der Waals surface area contributed by atoms with Crippen molar-refractivity contribution < 1.29 is 4.57 Å². The van der Waals surface area contributed by atoms with Crippen LogP contribution >= 0.6 is 8.46 Å². The summed E-state index contributed by atoms with van der Waals surface area (Å²) in [5.41, 5.74) is 3.34. The lowest BCUT2D eigenvalue weighted by atomic mass is 10.0. The Hall–Kier alpha value is -1.46. The molecule has 0 spiro atoms. The van der Waals surface area contributed by atoms with Gasteiger partial charge in [0.25, 0.3) is 0 Å². The van der Waals surface area contributed by atoms with E-state index in [0.717, 1.165) is 11.1 Å². The molecule has 2 rings (SSSR count). The molecular formula is C14H13OP. The molecule has 0 aliphatic heterocycles. The van der Waals surface area contributed by atoms with Gasteiger partial charge in [0.1, 0.15) is 0 Å². The fourth-order valence-corrected chi connectivity index (χ4v) is 2.29. The molecule has 0 aliphatic rings. The van der Waals surface area contributed by atoms with Gasteiger partial charge in [-0.2, -0.15) is 0 Å². The van der Waals surface area contributed by atoms with E-state index in [1.54, 1.807) is 0 Å². The fraction of sp³-hybridized carbons (Fsp3) is 0.143. The van der Waals surface area contributed by atoms with Gasteiger partial charge < -0.3 is 0 Å². The van der Waals surface area contributed by atoms with E-state index < -0.39 is 0 Å². The minimum atomic E-state index is -0.0539. The Morgan fingerprint density at radius 1 is 0.875 bits per heavy atom. The quantitative estimate of drug-likeness (QED) is 0.712. The zero-order chi connectivity index (χ0) is 11.4. The van der Waals surface area contributed by atoms with Gasteiger partial charge in [0.05, 0.1) is 5.66 Å². The molecule has 0 fully saturated rings. The molecule has 2 aromatic carbocycles. The highest BCUT2D eigenvalue weighted by Crippen LogP contribution is 2.33. The summed E-state index contributed by atoms with van der Waals surface area (Å²) in [5.74, 6) is 0. The Kier molecular flexibility index (Phi) is 3.48. The van der Waals surface area contributed by atoms with Crippen molar-refractivity contribution in [3.8, 4) is 0 Å². The third-order valence-electron chi connectivity index (χ3n) is 2.61. The largest absolute Gasteiger partial charge is 0.274 e. The van der Waals surface area contributed by atoms with Gasteiger partial charge in [-0.3, -0.25) is 4.57 Å². The van der Waals surface area contributed by atoms with E-state index >= 15 is 0 Å². The minimum Gasteiger partial charge on any atom is -0.274 e. The molecule has 0 saturated carbocycles. The van der Waals surface area contributed by atoms with Gasteiger partial charge >= 0.3 is 0 Å². The first-order chi connectivity index (χ1) is 7.81. The molecule has 16 heavy (non-hydrogen) atoms. The Morgan fingerprint density at radius 2 is 1.44 bits per heavy atom. The molecule has 0 heterocycles. The first kappa shape index (κ1) is 11.0. The maximum atomic E-state index is 11.3. The topological polar surface area (TPSA) is 17.1 Å². The molecule has 0 N–H and O–H groups in total. The number of hydrogen-bond acceptors (Lipinski definition) is 1. The Morgan fingerprint density at radius 3 is 2.00 bits per heavy atom. The van der Waals surface area contributed by atoms with Gasteiger partial charge in [0.2, 0.25) is 0 Å². The lowest BCUT2D eigenvalue weighted by molar-refractivity contribution is 0.595. The van der Waals surface area contributed by atoms with Gasteiger partial charge in [0.15, 0.2) is 8.46 Å². The van der Waals surface area contributed by atoms with Crippen molar-refractivity contribution in [2.24, 2.45) is 0 Å². The maximum Gasteiger partial charge on any atom is 0.168 e. The second-order valence-corrected chi connectivity index (χ2v) is 4.56. The molecule has 1 unspecified atom stereocenters. The second kappa shape index (κ2) is 5.05. The van der Waals surface area contributed by atoms with Crippen molar-refractivity contribution in [1.29, 1.82) is 0 Å². The molecule has 80 valence electrons. The highest BCUT2D eigenvalue weighted by molar-refractivity contribution is 7.24. The summed E-state index contributed by atoms with van der Waals surface area (Å²) in [4.78, 5) is 0. The molecule has 0 saturated heterocycles. The fourth-order valence-electron chi connectivity index (χ4n) is 1.70. The van der Waals surface area contributed by atoms with E-state index in [-0.39, 0.29) is 14.1 Å². The molecule has 0 aromatic heterocycles. The van der Waals surface area contributed by atoms with Crippen LogP contribution in [-0.4, -0.2) is 0 Å². The first-order valence-corrected chi connectivity index (χ1v) is 6.13. The van der Waals surface area contributed by atoms with Crippen LogP contribution in [0.1, 0.15) is 22.3 Å². The third-order valence-corrected chi connectivity index (χ3v) is 3.42. The molecular weight excluding hydrogens is 215 g/mol. The number of aryl methyl sites for hydroxylation is 1.